The van der Waals surface area contributed by atoms with Gasteiger partial charge in [0.25, 0.3) is 0 Å². The molecule has 6 aromatic heterocycles. The van der Waals surface area contributed by atoms with Crippen molar-refractivity contribution in [1.82, 2.24) is 29.9 Å². The van der Waals surface area contributed by atoms with Gasteiger partial charge >= 0.3 is 0 Å². The van der Waals surface area contributed by atoms with Gasteiger partial charge < -0.3 is 29.9 Å². The Morgan fingerprint density at radius 3 is 0.725 bits per heavy atom. The van der Waals surface area contributed by atoms with Gasteiger partial charge in [0.1, 0.15) is 0 Å². The van der Waals surface area contributed by atoms with E-state index in [1.54, 1.807) is 42.7 Å². The fraction of sp³-hybridized carbons (Fsp3) is 0.164. The average molecular weight is 2240 g/mol. The molecule has 3 fully saturated rings. The van der Waals surface area contributed by atoms with Crippen molar-refractivity contribution in [2.45, 2.75) is 126 Å². The number of aromatic nitrogens is 6. The van der Waals surface area contributed by atoms with Crippen LogP contribution in [-0.2, 0) is 60.3 Å². The van der Waals surface area contributed by atoms with Crippen molar-refractivity contribution in [3.8, 4) is 101 Å². The quantitative estimate of drug-likeness (QED) is 0.0952. The third kappa shape index (κ3) is 27.8. The van der Waals surface area contributed by atoms with E-state index >= 15 is 0 Å². The summed E-state index contributed by atoms with van der Waals surface area (Å²) in [6, 6.07) is 145. The molecule has 9 heteroatoms. The van der Waals surface area contributed by atoms with Crippen molar-refractivity contribution in [2.24, 2.45) is 0 Å². The molecule has 0 atom stereocenters. The van der Waals surface area contributed by atoms with Gasteiger partial charge in [0.2, 0.25) is 0 Å². The van der Waals surface area contributed by atoms with Gasteiger partial charge in [0, 0.05) is 114 Å². The molecule has 0 N–H and O–H groups in total. The molecule has 12 aromatic carbocycles. The fourth-order valence-corrected chi connectivity index (χ4v) is 16.2. The van der Waals surface area contributed by atoms with E-state index < -0.39 is 49.1 Å². The molecule has 131 heavy (non-hydrogen) atoms. The van der Waals surface area contributed by atoms with Crippen LogP contribution in [0.4, 0.5) is 0 Å². The molecule has 0 bridgehead atoms. The largest absolute Gasteiger partial charge is 0.305 e. The maximum Gasteiger partial charge on any atom is 0.0352 e. The Labute approximate surface area is 833 Å². The van der Waals surface area contributed by atoms with Gasteiger partial charge in [-0.3, -0.25) is 0 Å². The molecule has 21 rings (SSSR count). The van der Waals surface area contributed by atoms with Gasteiger partial charge in [0.15, 0.2) is 0 Å². The minimum atomic E-state index is -2.09. The molecule has 3 aliphatic rings. The molecule has 3 saturated carbocycles. The first-order valence-electron chi connectivity index (χ1n) is 49.8. The maximum atomic E-state index is 9.12. The van der Waals surface area contributed by atoms with Crippen LogP contribution in [0.1, 0.15) is 173 Å². The molecule has 0 aliphatic heterocycles. The van der Waals surface area contributed by atoms with Crippen LogP contribution < -0.4 is 0 Å². The summed E-state index contributed by atoms with van der Waals surface area (Å²) in [6.45, 7) is -4.16. The normalized spacial score (nSPS) is 20.7. The van der Waals surface area contributed by atoms with Crippen molar-refractivity contribution in [3.63, 3.8) is 0 Å². The molecule has 657 valence electrons. The monoisotopic (exact) mass is 2250 g/mol. The van der Waals surface area contributed by atoms with Crippen LogP contribution in [0, 0.1) is 50.1 Å². The Morgan fingerprint density at radius 1 is 0.214 bits per heavy atom. The maximum absolute atomic E-state index is 9.12. The molecule has 0 saturated heterocycles. The molecule has 3 aliphatic carbocycles. The van der Waals surface area contributed by atoms with Crippen molar-refractivity contribution in [3.05, 3.63) is 506 Å². The van der Waals surface area contributed by atoms with Crippen LogP contribution in [-0.4, -0.2) is 29.9 Å². The zero-order valence-electron chi connectivity index (χ0n) is 84.6. The van der Waals surface area contributed by atoms with Crippen molar-refractivity contribution >= 4 is 0 Å². The smallest absolute Gasteiger partial charge is 0.0352 e. The van der Waals surface area contributed by atoms with Crippen LogP contribution >= 0.6 is 0 Å². The SMILES string of the molecule is [2H]C([2H])([2H])c1c[c-]c(-c2ccccn2)cc1.[2H]C([2H])([2H])c1ccc(-c2[c-]cccc2)nc1.[2H]C1(c2ccccc2)CCC([2H])(c2ccc(-c3ccnc(-c4[c-]cccc4)c3)cc2)CC1.[2H]C1(c2ccccc2)CCC([2H])(c2ccc(-c3ccnc(-c4[c-]cccc4)c3)cc2)CC1.[2H]C1(c2ccccc2)CCC([2H])(c2ccc(-c3ccnc(-c4[c-]cccc4)c3)cc2)CC1.[Ir].[Ir].[Ir].[c-]1ccccc1-c1ccccn1. The Kier molecular flexibility index (Phi) is 31.1. The second kappa shape index (κ2) is 50.6. The average Bonchev–Trinajstić information content (AvgIpc) is 0.777. The van der Waals surface area contributed by atoms with Crippen molar-refractivity contribution in [1.29, 1.82) is 0 Å². The van der Waals surface area contributed by atoms with Gasteiger partial charge in [-0.05, 0) is 256 Å². The van der Waals surface area contributed by atoms with E-state index in [-0.39, 0.29) is 65.9 Å². The number of aryl methyl sites for hydroxylation is 2. The summed E-state index contributed by atoms with van der Waals surface area (Å²) in [5.74, 6) is -3.60. The van der Waals surface area contributed by atoms with E-state index in [4.69, 9.17) is 16.4 Å². The first-order chi connectivity index (χ1) is 67.8. The summed E-state index contributed by atoms with van der Waals surface area (Å²) >= 11 is 0. The summed E-state index contributed by atoms with van der Waals surface area (Å²) < 4.78 is 97.7. The molecule has 6 nitrogen and oxygen atoms in total. The Balaban J connectivity index is 0.000000148. The zero-order chi connectivity index (χ0) is 97.5. The molecule has 3 radical (unpaired) electrons. The topological polar surface area (TPSA) is 77.3 Å². The Morgan fingerprint density at radius 2 is 0.473 bits per heavy atom. The molecule has 18 aromatic rings. The second-order valence-corrected chi connectivity index (χ2v) is 31.5. The van der Waals surface area contributed by atoms with Gasteiger partial charge in [-0.2, -0.15) is 0 Å². The van der Waals surface area contributed by atoms with E-state index in [1.807, 2.05) is 243 Å². The predicted octanol–water partition coefficient (Wildman–Crippen LogP) is 31.2. The molecular formula is C122H106Ir3N6-6. The van der Waals surface area contributed by atoms with Gasteiger partial charge in [-0.1, -0.05) is 225 Å². The van der Waals surface area contributed by atoms with Crippen LogP contribution in [0.25, 0.3) is 101 Å². The first kappa shape index (κ1) is 80.6. The van der Waals surface area contributed by atoms with E-state index in [9.17, 15) is 0 Å². The minimum Gasteiger partial charge on any atom is -0.305 e. The van der Waals surface area contributed by atoms with Crippen LogP contribution in [0.2, 0.25) is 0 Å². The van der Waals surface area contributed by atoms with Crippen molar-refractivity contribution < 1.29 is 76.8 Å². The number of benzene rings is 12. The predicted molar refractivity (Wildman–Crippen MR) is 528 cm³/mol. The molecular weight excluding hydrogens is 2130 g/mol. The fourth-order valence-electron chi connectivity index (χ4n) is 16.2. The van der Waals surface area contributed by atoms with E-state index in [0.29, 0.717) is 82.6 Å². The second-order valence-electron chi connectivity index (χ2n) is 31.5. The summed E-state index contributed by atoms with van der Waals surface area (Å²) in [4.78, 5) is 26.0. The number of hydrogen-bond donors (Lipinski definition) is 0. The Hall–Kier alpha value is -12.5. The number of pyridine rings is 6. The van der Waals surface area contributed by atoms with Crippen molar-refractivity contribution in [2.75, 3.05) is 0 Å². The van der Waals surface area contributed by atoms with Crippen LogP contribution in [0.15, 0.2) is 425 Å². The standard InChI is InChI=1S/3C29H26N.2C12H10N.C11H8N.3Ir/c3*1-3-7-22(8-4-1)23-11-13-24(14-12-23)25-15-17-26(18-16-25)28-19-20-30-29(21-28)27-9-5-2-6-10-27;1-10-5-7-11(8-6-10)12-4-2-3-9-13-12;1-10-7-8-12(13-9-10)11-5-3-2-4-6-11;1-2-6-10(7-3-1)11-8-4-5-9-12-11;;;/h3*1-9,15-21,23-24H,11-14H2;2-7,9H,1H3;2-5,7-9H,1H3;1-6,8-9H;;;/q6*-1;;;/i3*23D,24D;2*1D3;;;;. The van der Waals surface area contributed by atoms with E-state index in [1.165, 1.54) is 12.3 Å². The third-order valence-electron chi connectivity index (χ3n) is 23.2. The summed E-state index contributed by atoms with van der Waals surface area (Å²) in [5.41, 5.74) is 24.4. The number of hydrogen-bond acceptors (Lipinski definition) is 6. The van der Waals surface area contributed by atoms with Crippen LogP contribution in [0.5, 0.6) is 0 Å². The van der Waals surface area contributed by atoms with Gasteiger partial charge in [-0.25, -0.2) is 0 Å². The van der Waals surface area contributed by atoms with E-state index in [0.717, 1.165) is 134 Å². The van der Waals surface area contributed by atoms with Gasteiger partial charge in [-0.15, -0.1) is 215 Å². The van der Waals surface area contributed by atoms with Crippen LogP contribution in [0.3, 0.4) is 0 Å². The molecule has 0 amide bonds. The first-order valence-corrected chi connectivity index (χ1v) is 43.8. The number of nitrogens with zero attached hydrogens (tertiary/aromatic N) is 6. The molecule has 0 unspecified atom stereocenters. The third-order valence-corrected chi connectivity index (χ3v) is 23.2. The minimum absolute atomic E-state index is 0. The molecule has 0 spiro atoms. The summed E-state index contributed by atoms with van der Waals surface area (Å²) in [5, 5.41) is 0. The van der Waals surface area contributed by atoms with E-state index in [2.05, 4.69) is 194 Å². The molecule has 6 heterocycles. The van der Waals surface area contributed by atoms with Gasteiger partial charge in [0.05, 0.1) is 0 Å². The summed E-state index contributed by atoms with van der Waals surface area (Å²) in [6.07, 6.45) is 18.9. The zero-order valence-corrected chi connectivity index (χ0v) is 79.8. The summed E-state index contributed by atoms with van der Waals surface area (Å²) in [7, 11) is 0. The number of rotatable bonds is 15. The Bertz CT molecular complexity index is 6320.